The Morgan fingerprint density at radius 3 is 1.69 bits per heavy atom. The van der Waals surface area contributed by atoms with E-state index in [-0.39, 0.29) is 41.1 Å². The maximum atomic E-state index is 13.3. The molecule has 0 spiro atoms. The number of ether oxygens (including phenoxy) is 4. The van der Waals surface area contributed by atoms with Crippen molar-refractivity contribution in [1.29, 1.82) is 0 Å². The molecule has 1 heterocycles. The zero-order chi connectivity index (χ0) is 26.7. The van der Waals surface area contributed by atoms with E-state index in [1.807, 2.05) is 19.1 Å². The second-order valence-corrected chi connectivity index (χ2v) is 11.7. The fourth-order valence-electron chi connectivity index (χ4n) is 4.16. The Hall–Kier alpha value is -2.57. The van der Waals surface area contributed by atoms with Gasteiger partial charge in [0.1, 0.15) is 23.6 Å². The van der Waals surface area contributed by atoms with Gasteiger partial charge in [-0.2, -0.15) is 0 Å². The van der Waals surface area contributed by atoms with Crippen molar-refractivity contribution in [3.8, 4) is 11.5 Å². The molecule has 7 heteroatoms. The molecule has 0 bridgehead atoms. The molecule has 0 unspecified atom stereocenters. The lowest BCUT2D eigenvalue weighted by molar-refractivity contribution is -0.135. The van der Waals surface area contributed by atoms with Crippen molar-refractivity contribution in [1.82, 2.24) is 0 Å². The van der Waals surface area contributed by atoms with E-state index in [0.29, 0.717) is 17.5 Å². The molecule has 196 valence electrons. The van der Waals surface area contributed by atoms with E-state index in [1.54, 1.807) is 21.3 Å². The van der Waals surface area contributed by atoms with Gasteiger partial charge in [-0.1, -0.05) is 62.3 Å². The van der Waals surface area contributed by atoms with Crippen molar-refractivity contribution in [2.24, 2.45) is 21.8 Å². The number of methoxy groups -OCH3 is 3. The van der Waals surface area contributed by atoms with E-state index in [2.05, 4.69) is 55.4 Å². The normalized spacial score (nSPS) is 19.6. The predicted octanol–water partition coefficient (Wildman–Crippen LogP) is 5.72. The first-order valence-corrected chi connectivity index (χ1v) is 12.3. The number of nitrogens with zero attached hydrogens (tertiary/aromatic N) is 2. The van der Waals surface area contributed by atoms with Crippen LogP contribution in [0.15, 0.2) is 22.1 Å². The molecule has 35 heavy (non-hydrogen) atoms. The second-order valence-electron chi connectivity index (χ2n) is 11.7. The van der Waals surface area contributed by atoms with Gasteiger partial charge >= 0.3 is 5.97 Å². The molecule has 7 nitrogen and oxygen atoms in total. The maximum absolute atomic E-state index is 13.3. The summed E-state index contributed by atoms with van der Waals surface area (Å²) in [5.41, 5.74) is 1.36. The molecule has 3 atom stereocenters. The first-order chi connectivity index (χ1) is 16.1. The van der Waals surface area contributed by atoms with Crippen LogP contribution >= 0.6 is 0 Å². The Morgan fingerprint density at radius 2 is 1.29 bits per heavy atom. The number of hydrogen-bond donors (Lipinski definition) is 0. The van der Waals surface area contributed by atoms with Crippen LogP contribution in [0.2, 0.25) is 0 Å². The van der Waals surface area contributed by atoms with E-state index in [1.165, 1.54) is 0 Å². The van der Waals surface area contributed by atoms with Gasteiger partial charge in [0.15, 0.2) is 0 Å². The summed E-state index contributed by atoms with van der Waals surface area (Å²) >= 11 is 0. The molecule has 2 rings (SSSR count). The lowest BCUT2D eigenvalue weighted by Crippen LogP contribution is -2.40. The van der Waals surface area contributed by atoms with Crippen LogP contribution in [0.1, 0.15) is 79.9 Å². The highest BCUT2D eigenvalue weighted by Crippen LogP contribution is 2.43. The molecule has 1 aromatic carbocycles. The van der Waals surface area contributed by atoms with Gasteiger partial charge in [-0.3, -0.25) is 4.79 Å². The lowest BCUT2D eigenvalue weighted by Gasteiger charge is -2.31. The predicted molar refractivity (Wildman–Crippen MR) is 141 cm³/mol. The number of hydrogen-bond acceptors (Lipinski definition) is 7. The Kier molecular flexibility index (Phi) is 9.01. The summed E-state index contributed by atoms with van der Waals surface area (Å²) in [6.07, 6.45) is 0.152. The highest BCUT2D eigenvalue weighted by Gasteiger charge is 2.36. The van der Waals surface area contributed by atoms with Crippen LogP contribution in [-0.2, 0) is 25.1 Å². The highest BCUT2D eigenvalue weighted by molar-refractivity contribution is 5.94. The lowest BCUT2D eigenvalue weighted by atomic mass is 9.79. The van der Waals surface area contributed by atoms with Gasteiger partial charge in [0, 0.05) is 11.1 Å². The van der Waals surface area contributed by atoms with E-state index >= 15 is 0 Å². The molecule has 0 saturated carbocycles. The van der Waals surface area contributed by atoms with Crippen molar-refractivity contribution in [2.45, 2.75) is 91.6 Å². The quantitative estimate of drug-likeness (QED) is 0.378. The average molecular weight is 489 g/mol. The minimum Gasteiger partial charge on any atom is -0.497 e. The molecular weight excluding hydrogens is 444 g/mol. The molecule has 0 aromatic heterocycles. The van der Waals surface area contributed by atoms with Crippen LogP contribution in [0.25, 0.3) is 0 Å². The van der Waals surface area contributed by atoms with Gasteiger partial charge in [0.05, 0.1) is 27.8 Å². The van der Waals surface area contributed by atoms with E-state index in [4.69, 9.17) is 28.9 Å². The number of benzene rings is 1. The van der Waals surface area contributed by atoms with Gasteiger partial charge in [-0.05, 0) is 34.8 Å². The van der Waals surface area contributed by atoms with Crippen LogP contribution in [0.4, 0.5) is 0 Å². The topological polar surface area (TPSA) is 78.7 Å². The van der Waals surface area contributed by atoms with Gasteiger partial charge in [-0.25, -0.2) is 9.98 Å². The zero-order valence-corrected chi connectivity index (χ0v) is 23.6. The first-order valence-electron chi connectivity index (χ1n) is 12.3. The number of carbonyl (C=O) groups is 1. The number of esters is 1. The van der Waals surface area contributed by atoms with Gasteiger partial charge in [-0.15, -0.1) is 0 Å². The summed E-state index contributed by atoms with van der Waals surface area (Å²) in [5, 5.41) is 0. The van der Waals surface area contributed by atoms with Crippen molar-refractivity contribution >= 4 is 17.8 Å². The van der Waals surface area contributed by atoms with Crippen molar-refractivity contribution in [3.63, 3.8) is 0 Å². The van der Waals surface area contributed by atoms with Crippen molar-refractivity contribution < 1.29 is 23.7 Å². The summed E-state index contributed by atoms with van der Waals surface area (Å²) in [6.45, 7) is 18.7. The van der Waals surface area contributed by atoms with Crippen LogP contribution in [-0.4, -0.2) is 51.2 Å². The zero-order valence-electron chi connectivity index (χ0n) is 23.6. The summed E-state index contributed by atoms with van der Waals surface area (Å²) in [6, 6.07) is 3.30. The van der Waals surface area contributed by atoms with Crippen LogP contribution < -0.4 is 9.47 Å². The Labute approximate surface area is 211 Å². The first kappa shape index (κ1) is 28.7. The Morgan fingerprint density at radius 1 is 0.829 bits per heavy atom. The Balaban J connectivity index is 2.39. The van der Waals surface area contributed by atoms with Gasteiger partial charge in [0.25, 0.3) is 0 Å². The molecule has 0 aliphatic carbocycles. The molecular formula is C28H44N2O5. The third kappa shape index (κ3) is 6.77. The van der Waals surface area contributed by atoms with E-state index in [0.717, 1.165) is 16.9 Å². The minimum absolute atomic E-state index is 0.152. The third-order valence-electron chi connectivity index (χ3n) is 6.25. The number of rotatable bonds is 6. The number of aliphatic imine (C=N–C) groups is 2. The summed E-state index contributed by atoms with van der Waals surface area (Å²) in [5.74, 6) is 2.11. The molecule has 0 fully saturated rings. The van der Waals surface area contributed by atoms with Crippen LogP contribution in [0.5, 0.6) is 11.5 Å². The molecule has 0 saturated heterocycles. The Bertz CT molecular complexity index is 932. The average Bonchev–Trinajstić information content (AvgIpc) is 2.76. The SMILES string of the molecule is COC1=N[C@H](C(C)C)C(OC)=N[C@H]1[C@@H](C)CC(=O)Oc1c(C(C)(C)C)cc(OC)cc1C(C)(C)C. The molecule has 0 N–H and O–H groups in total. The third-order valence-corrected chi connectivity index (χ3v) is 6.25. The molecule has 0 radical (unpaired) electrons. The van der Waals surface area contributed by atoms with Crippen molar-refractivity contribution in [2.75, 3.05) is 21.3 Å². The molecule has 1 aromatic rings. The fourth-order valence-corrected chi connectivity index (χ4v) is 4.16. The fraction of sp³-hybridized carbons (Fsp3) is 0.679. The summed E-state index contributed by atoms with van der Waals surface area (Å²) in [4.78, 5) is 22.8. The minimum atomic E-state index is -0.419. The maximum Gasteiger partial charge on any atom is 0.311 e. The highest BCUT2D eigenvalue weighted by atomic mass is 16.5. The molecule has 1 aliphatic rings. The number of carbonyl (C=O) groups excluding carboxylic acids is 1. The van der Waals surface area contributed by atoms with Crippen LogP contribution in [0, 0.1) is 11.8 Å². The molecule has 0 amide bonds. The summed E-state index contributed by atoms with van der Waals surface area (Å²) < 4.78 is 22.8. The monoisotopic (exact) mass is 488 g/mol. The standard InChI is InChI=1S/C28H44N2O5/c1-16(2)22-25(33-11)30-23(26(29-22)34-12)17(3)13-21(31)35-24-19(27(4,5)6)14-18(32-10)15-20(24)28(7,8)9/h14-17,22-23H,13H2,1-12H3/t17-,22+,23-/m0/s1. The second kappa shape index (κ2) is 11.0. The van der Waals surface area contributed by atoms with E-state index in [9.17, 15) is 4.79 Å². The largest absolute Gasteiger partial charge is 0.497 e. The van der Waals surface area contributed by atoms with Gasteiger partial charge < -0.3 is 18.9 Å². The van der Waals surface area contributed by atoms with Gasteiger partial charge in [0.2, 0.25) is 11.8 Å². The van der Waals surface area contributed by atoms with E-state index < -0.39 is 6.04 Å². The smallest absolute Gasteiger partial charge is 0.311 e. The van der Waals surface area contributed by atoms with Crippen LogP contribution in [0.3, 0.4) is 0 Å². The van der Waals surface area contributed by atoms with Crippen molar-refractivity contribution in [3.05, 3.63) is 23.3 Å². The summed E-state index contributed by atoms with van der Waals surface area (Å²) in [7, 11) is 4.84. The molecule has 1 aliphatic heterocycles.